The molecule has 0 amide bonds. The number of benzene rings is 2. The lowest BCUT2D eigenvalue weighted by Crippen LogP contribution is -2.77. The van der Waals surface area contributed by atoms with Gasteiger partial charge in [0.05, 0.1) is 10.0 Å². The third-order valence-corrected chi connectivity index (χ3v) is 9.01. The predicted octanol–water partition coefficient (Wildman–Crippen LogP) is 3.39. The van der Waals surface area contributed by atoms with Crippen LogP contribution in [0.1, 0.15) is 13.8 Å². The lowest BCUT2D eigenvalue weighted by molar-refractivity contribution is -0.184. The van der Waals surface area contributed by atoms with Crippen molar-refractivity contribution in [1.29, 1.82) is 0 Å². The maximum Gasteiger partial charge on any atom is 0.237 e. The van der Waals surface area contributed by atoms with E-state index in [1.165, 1.54) is 0 Å². The van der Waals surface area contributed by atoms with E-state index in [1.54, 1.807) is 36.9 Å². The topological polar surface area (TPSA) is 107 Å². The van der Waals surface area contributed by atoms with Crippen LogP contribution in [-0.4, -0.2) is 97.5 Å². The first-order valence-electron chi connectivity index (χ1n) is 15.4. The first-order valence-corrected chi connectivity index (χ1v) is 16.1. The largest absolute Gasteiger partial charge is 0.484 e. The van der Waals surface area contributed by atoms with Crippen LogP contribution in [0, 0.1) is 0 Å². The minimum absolute atomic E-state index is 0.499. The zero-order valence-electron chi connectivity index (χ0n) is 25.5. The second kappa shape index (κ2) is 13.9. The molecule has 2 aromatic carbocycles. The number of halogens is 2. The Hall–Kier alpha value is -3.48. The summed E-state index contributed by atoms with van der Waals surface area (Å²) in [6.45, 7) is 10.1. The van der Waals surface area contributed by atoms with Crippen molar-refractivity contribution in [3.05, 3.63) is 83.4 Å². The number of piperazine rings is 2. The molecular formula is C32H40Cl2N8O3. The predicted molar refractivity (Wildman–Crippen MR) is 178 cm³/mol. The number of amidine groups is 2. The first kappa shape index (κ1) is 31.5. The maximum atomic E-state index is 7.54. The van der Waals surface area contributed by atoms with Gasteiger partial charge in [0.2, 0.25) is 11.4 Å². The lowest BCUT2D eigenvalue weighted by atomic mass is 9.97. The number of hydrogen-bond acceptors (Lipinski definition) is 11. The molecule has 0 spiro atoms. The monoisotopic (exact) mass is 654 g/mol. The number of nitrogens with one attached hydrogen (secondary N) is 4. The fourth-order valence-electron chi connectivity index (χ4n) is 6.04. The number of aliphatic imine (C=N–C) groups is 2. The molecule has 4 unspecified atom stereocenters. The summed E-state index contributed by atoms with van der Waals surface area (Å²) in [6, 6.07) is 14.8. The van der Waals surface area contributed by atoms with Crippen LogP contribution < -0.4 is 30.7 Å². The van der Waals surface area contributed by atoms with Crippen molar-refractivity contribution >= 4 is 34.9 Å². The van der Waals surface area contributed by atoms with Crippen molar-refractivity contribution in [3.63, 3.8) is 0 Å². The molecule has 0 aliphatic carbocycles. The molecule has 0 bridgehead atoms. The SMILES string of the molecule is CC(Oc1ccccc1Cl)C1(OC2(C(C)Oc3ccccc3Cl)NC=CN=C2N2CCNCC2)NC=CN=C1N1CCNCC1. The minimum Gasteiger partial charge on any atom is -0.484 e. The average molecular weight is 656 g/mol. The molecule has 2 saturated heterocycles. The molecule has 6 rings (SSSR count). The van der Waals surface area contributed by atoms with Gasteiger partial charge in [0.15, 0.2) is 23.9 Å². The van der Waals surface area contributed by atoms with Crippen LogP contribution in [0.3, 0.4) is 0 Å². The molecule has 4 atom stereocenters. The summed E-state index contributed by atoms with van der Waals surface area (Å²) in [5, 5.41) is 15.0. The molecule has 240 valence electrons. The Balaban J connectivity index is 1.47. The molecule has 11 nitrogen and oxygen atoms in total. The van der Waals surface area contributed by atoms with E-state index in [9.17, 15) is 0 Å². The standard InChI is InChI=1S/C32H40Cl2N8O3/c1-23(43-27-9-5-3-7-25(27)33)31(29(37-11-13-39-31)41-19-15-35-16-20-41)45-32(24(2)44-28-10-6-4-8-26(28)34)30(38-12-14-40-32)42-21-17-36-18-22-42/h3-14,23-24,35-36,39-40H,15-22H2,1-2H3. The van der Waals surface area contributed by atoms with Gasteiger partial charge in [-0.3, -0.25) is 0 Å². The summed E-state index contributed by atoms with van der Waals surface area (Å²) >= 11 is 13.2. The summed E-state index contributed by atoms with van der Waals surface area (Å²) < 4.78 is 20.8. The molecule has 0 aromatic heterocycles. The van der Waals surface area contributed by atoms with Crippen LogP contribution >= 0.6 is 23.2 Å². The third kappa shape index (κ3) is 6.45. The highest BCUT2D eigenvalue weighted by molar-refractivity contribution is 6.32. The smallest absolute Gasteiger partial charge is 0.237 e. The van der Waals surface area contributed by atoms with Gasteiger partial charge in [0.1, 0.15) is 11.5 Å². The molecule has 2 fully saturated rings. The zero-order chi connectivity index (χ0) is 31.3. The second-order valence-electron chi connectivity index (χ2n) is 11.3. The van der Waals surface area contributed by atoms with Gasteiger partial charge < -0.3 is 45.3 Å². The van der Waals surface area contributed by atoms with E-state index >= 15 is 0 Å². The van der Waals surface area contributed by atoms with Crippen molar-refractivity contribution in [2.75, 3.05) is 52.4 Å². The van der Waals surface area contributed by atoms with Crippen molar-refractivity contribution in [3.8, 4) is 11.5 Å². The van der Waals surface area contributed by atoms with Crippen LogP contribution in [0.5, 0.6) is 11.5 Å². The quantitative estimate of drug-likeness (QED) is 0.341. The van der Waals surface area contributed by atoms with E-state index in [0.717, 1.165) is 52.4 Å². The van der Waals surface area contributed by atoms with Crippen LogP contribution in [0.25, 0.3) is 0 Å². The summed E-state index contributed by atoms with van der Waals surface area (Å²) in [4.78, 5) is 14.4. The molecule has 2 aromatic rings. The molecule has 4 N–H and O–H groups in total. The van der Waals surface area contributed by atoms with E-state index < -0.39 is 23.7 Å². The van der Waals surface area contributed by atoms with Gasteiger partial charge >= 0.3 is 0 Å². The lowest BCUT2D eigenvalue weighted by Gasteiger charge is -2.53. The summed E-state index contributed by atoms with van der Waals surface area (Å²) in [5.74, 6) is 2.44. The molecule has 4 aliphatic rings. The highest BCUT2D eigenvalue weighted by Gasteiger charge is 2.58. The molecule has 13 heteroatoms. The van der Waals surface area contributed by atoms with E-state index in [-0.39, 0.29) is 0 Å². The van der Waals surface area contributed by atoms with Crippen molar-refractivity contribution in [1.82, 2.24) is 31.1 Å². The highest BCUT2D eigenvalue weighted by Crippen LogP contribution is 2.37. The molecular weight excluding hydrogens is 615 g/mol. The summed E-state index contributed by atoms with van der Waals surface area (Å²) in [7, 11) is 0. The average Bonchev–Trinajstić information content (AvgIpc) is 3.08. The van der Waals surface area contributed by atoms with Gasteiger partial charge in [0.25, 0.3) is 0 Å². The molecule has 4 heterocycles. The van der Waals surface area contributed by atoms with Gasteiger partial charge in [-0.2, -0.15) is 0 Å². The molecule has 45 heavy (non-hydrogen) atoms. The fourth-order valence-corrected chi connectivity index (χ4v) is 6.40. The highest BCUT2D eigenvalue weighted by atomic mass is 35.5. The maximum absolute atomic E-state index is 7.54. The van der Waals surface area contributed by atoms with Crippen molar-refractivity contribution in [2.45, 2.75) is 37.5 Å². The number of nitrogens with zero attached hydrogens (tertiary/aromatic N) is 4. The Morgan fingerprint density at radius 3 is 1.47 bits per heavy atom. The normalized spacial score (nSPS) is 26.2. The van der Waals surface area contributed by atoms with Crippen LogP contribution in [0.4, 0.5) is 0 Å². The molecule has 0 saturated carbocycles. The summed E-state index contributed by atoms with van der Waals surface area (Å²) in [5.41, 5.74) is -2.65. The Kier molecular flexibility index (Phi) is 9.72. The Morgan fingerprint density at radius 1 is 0.667 bits per heavy atom. The Bertz CT molecular complexity index is 1350. The molecule has 4 aliphatic heterocycles. The van der Waals surface area contributed by atoms with E-state index in [1.807, 2.05) is 50.2 Å². The van der Waals surface area contributed by atoms with Gasteiger partial charge in [0, 0.05) is 77.2 Å². The summed E-state index contributed by atoms with van der Waals surface area (Å²) in [6.07, 6.45) is 5.78. The van der Waals surface area contributed by atoms with Crippen LogP contribution in [-0.2, 0) is 4.74 Å². The first-order chi connectivity index (χ1) is 21.9. The fraction of sp³-hybridized carbons (Fsp3) is 0.438. The van der Waals surface area contributed by atoms with E-state index in [4.69, 9.17) is 47.4 Å². The van der Waals surface area contributed by atoms with E-state index in [2.05, 4.69) is 31.1 Å². The van der Waals surface area contributed by atoms with E-state index in [0.29, 0.717) is 33.2 Å². The Morgan fingerprint density at radius 2 is 1.07 bits per heavy atom. The Labute approximate surface area is 274 Å². The number of para-hydroxylation sites is 2. The third-order valence-electron chi connectivity index (χ3n) is 8.38. The van der Waals surface area contributed by atoms with Crippen molar-refractivity contribution in [2.24, 2.45) is 9.98 Å². The number of ether oxygens (including phenoxy) is 3. The van der Waals surface area contributed by atoms with Crippen molar-refractivity contribution < 1.29 is 14.2 Å². The number of hydrogen-bond donors (Lipinski definition) is 4. The van der Waals surface area contributed by atoms with Gasteiger partial charge in [-0.25, -0.2) is 9.98 Å². The van der Waals surface area contributed by atoms with Gasteiger partial charge in [-0.1, -0.05) is 47.5 Å². The zero-order valence-corrected chi connectivity index (χ0v) is 27.0. The van der Waals surface area contributed by atoms with Crippen LogP contribution in [0.15, 0.2) is 83.3 Å². The minimum atomic E-state index is -1.32. The second-order valence-corrected chi connectivity index (χ2v) is 12.1. The van der Waals surface area contributed by atoms with Crippen LogP contribution in [0.2, 0.25) is 10.0 Å². The molecule has 0 radical (unpaired) electrons. The van der Waals surface area contributed by atoms with Gasteiger partial charge in [-0.05, 0) is 38.1 Å². The number of rotatable bonds is 8. The van der Waals surface area contributed by atoms with Gasteiger partial charge in [-0.15, -0.1) is 0 Å².